The molecule has 3 unspecified atom stereocenters. The summed E-state index contributed by atoms with van der Waals surface area (Å²) in [6.45, 7) is 3.12. The van der Waals surface area contributed by atoms with Gasteiger partial charge < -0.3 is 26.6 Å². The van der Waals surface area contributed by atoms with Crippen LogP contribution < -0.4 is 16.4 Å². The average Bonchev–Trinajstić information content (AvgIpc) is 2.54. The predicted molar refractivity (Wildman–Crippen MR) is 97.6 cm³/mol. The number of phenols is 1. The second-order valence-electron chi connectivity index (χ2n) is 6.31. The largest absolute Gasteiger partial charge is 0.506 e. The Morgan fingerprint density at radius 1 is 1.46 bits per heavy atom. The third kappa shape index (κ3) is 5.54. The number of phenolic OH excluding ortho intramolecular Hbond substituents is 1. The van der Waals surface area contributed by atoms with Gasteiger partial charge in [0.25, 0.3) is 0 Å². The molecule has 1 aliphatic heterocycles. The Morgan fingerprint density at radius 3 is 2.79 bits per heavy atom. The van der Waals surface area contributed by atoms with E-state index in [1.807, 2.05) is 0 Å². The molecule has 0 bridgehead atoms. The summed E-state index contributed by atoms with van der Waals surface area (Å²) in [6, 6.07) is 3.92. The van der Waals surface area contributed by atoms with Crippen molar-refractivity contribution in [3.63, 3.8) is 0 Å². The number of hydrogen-bond acceptors (Lipinski definition) is 4. The molecule has 7 heteroatoms. The van der Waals surface area contributed by atoms with Gasteiger partial charge in [0.2, 0.25) is 0 Å². The lowest BCUT2D eigenvalue weighted by Gasteiger charge is -2.33. The highest BCUT2D eigenvalue weighted by atomic mass is 35.5. The van der Waals surface area contributed by atoms with E-state index in [9.17, 15) is 15.0 Å². The quantitative estimate of drug-likeness (QED) is 0.504. The summed E-state index contributed by atoms with van der Waals surface area (Å²) >= 11 is 0. The molecule has 0 radical (unpaired) electrons. The number of nitrogens with one attached hydrogen (secondary N) is 2. The first-order valence-corrected chi connectivity index (χ1v) is 8.32. The van der Waals surface area contributed by atoms with Crippen molar-refractivity contribution in [3.05, 3.63) is 23.8 Å². The summed E-state index contributed by atoms with van der Waals surface area (Å²) in [4.78, 5) is 11.0. The first kappa shape index (κ1) is 20.5. The first-order chi connectivity index (χ1) is 11.0. The van der Waals surface area contributed by atoms with E-state index in [-0.39, 0.29) is 29.9 Å². The van der Waals surface area contributed by atoms with E-state index in [0.717, 1.165) is 19.4 Å². The number of benzene rings is 1. The van der Waals surface area contributed by atoms with Gasteiger partial charge in [-0.15, -0.1) is 12.4 Å². The lowest BCUT2D eigenvalue weighted by Crippen LogP contribution is -2.42. The summed E-state index contributed by atoms with van der Waals surface area (Å²) in [5.41, 5.74) is 5.94. The number of unbranched alkanes of at least 4 members (excludes halogenated alkanes) is 1. The maximum Gasteiger partial charge on any atom is 0.316 e. The summed E-state index contributed by atoms with van der Waals surface area (Å²) in [7, 11) is 0. The molecule has 1 aromatic rings. The summed E-state index contributed by atoms with van der Waals surface area (Å²) in [6.07, 6.45) is 5.04. The Labute approximate surface area is 149 Å². The summed E-state index contributed by atoms with van der Waals surface area (Å²) < 4.78 is 0. The van der Waals surface area contributed by atoms with Crippen molar-refractivity contribution in [1.82, 2.24) is 5.32 Å². The van der Waals surface area contributed by atoms with Crippen LogP contribution >= 0.6 is 12.4 Å². The number of aliphatic hydroxyl groups excluding tert-OH is 1. The topological polar surface area (TPSA) is 108 Å². The van der Waals surface area contributed by atoms with E-state index < -0.39 is 12.1 Å². The number of nitrogens with two attached hydrogens (primary N) is 1. The minimum absolute atomic E-state index is 0. The molecule has 24 heavy (non-hydrogen) atoms. The molecule has 1 aromatic carbocycles. The SMILES string of the molecule is CCCCC1CCC(C(O)c2ccc(O)c(NC(N)=O)c2)NC1.Cl. The molecule has 0 aliphatic carbocycles. The fourth-order valence-electron chi connectivity index (χ4n) is 3.15. The van der Waals surface area contributed by atoms with Gasteiger partial charge >= 0.3 is 6.03 Å². The van der Waals surface area contributed by atoms with Gasteiger partial charge in [0.1, 0.15) is 5.75 Å². The fourth-order valence-corrected chi connectivity index (χ4v) is 3.15. The number of rotatable bonds is 6. The van der Waals surface area contributed by atoms with Crippen LogP contribution in [0.4, 0.5) is 10.5 Å². The zero-order chi connectivity index (χ0) is 16.8. The van der Waals surface area contributed by atoms with Gasteiger partial charge in [-0.25, -0.2) is 4.79 Å². The van der Waals surface area contributed by atoms with Gasteiger partial charge in [0, 0.05) is 6.04 Å². The third-order valence-corrected chi connectivity index (χ3v) is 4.52. The highest BCUT2D eigenvalue weighted by Gasteiger charge is 2.27. The number of carbonyl (C=O) groups is 1. The van der Waals surface area contributed by atoms with Gasteiger partial charge in [-0.3, -0.25) is 0 Å². The predicted octanol–water partition coefficient (Wildman–Crippen LogP) is 2.90. The lowest BCUT2D eigenvalue weighted by atomic mass is 9.87. The Kier molecular flexibility index (Phi) is 8.31. The fraction of sp³-hybridized carbons (Fsp3) is 0.588. The van der Waals surface area contributed by atoms with Crippen LogP contribution in [0.1, 0.15) is 50.7 Å². The Hall–Kier alpha value is -1.50. The lowest BCUT2D eigenvalue weighted by molar-refractivity contribution is 0.102. The van der Waals surface area contributed by atoms with Crippen molar-refractivity contribution >= 4 is 24.1 Å². The van der Waals surface area contributed by atoms with Gasteiger partial charge in [-0.1, -0.05) is 25.8 Å². The Morgan fingerprint density at radius 2 is 2.21 bits per heavy atom. The van der Waals surface area contributed by atoms with Crippen LogP contribution in [-0.2, 0) is 0 Å². The van der Waals surface area contributed by atoms with Gasteiger partial charge in [-0.2, -0.15) is 0 Å². The minimum Gasteiger partial charge on any atom is -0.506 e. The van der Waals surface area contributed by atoms with E-state index in [1.165, 1.54) is 25.3 Å². The molecule has 2 amide bonds. The van der Waals surface area contributed by atoms with Gasteiger partial charge in [0.15, 0.2) is 0 Å². The number of anilines is 1. The average molecular weight is 358 g/mol. The van der Waals surface area contributed by atoms with E-state index in [1.54, 1.807) is 12.1 Å². The van der Waals surface area contributed by atoms with Crippen LogP contribution in [-0.4, -0.2) is 28.8 Å². The number of piperidine rings is 1. The van der Waals surface area contributed by atoms with Crippen molar-refractivity contribution in [1.29, 1.82) is 0 Å². The standard InChI is InChI=1S/C17H27N3O3.ClH/c1-2-3-4-11-5-7-13(19-10-11)16(22)12-6-8-15(21)14(9-12)20-17(18)23;/h6,8-9,11,13,16,19,21-22H,2-5,7,10H2,1H3,(H3,18,20,23);1H. The Balaban J connectivity index is 0.00000288. The second kappa shape index (κ2) is 9.71. The van der Waals surface area contributed by atoms with E-state index in [2.05, 4.69) is 17.6 Å². The van der Waals surface area contributed by atoms with E-state index >= 15 is 0 Å². The number of halogens is 1. The number of aliphatic hydroxyl groups is 1. The second-order valence-corrected chi connectivity index (χ2v) is 6.31. The molecule has 1 fully saturated rings. The smallest absolute Gasteiger partial charge is 0.316 e. The minimum atomic E-state index is -0.749. The molecule has 0 spiro atoms. The number of amides is 2. The zero-order valence-corrected chi connectivity index (χ0v) is 14.8. The number of hydrogen-bond donors (Lipinski definition) is 5. The molecule has 2 rings (SSSR count). The molecule has 1 aliphatic rings. The number of primary amides is 1. The monoisotopic (exact) mass is 357 g/mol. The molecular weight excluding hydrogens is 330 g/mol. The van der Waals surface area contributed by atoms with Crippen molar-refractivity contribution < 1.29 is 15.0 Å². The number of carbonyl (C=O) groups excluding carboxylic acids is 1. The molecular formula is C17H28ClN3O3. The van der Waals surface area contributed by atoms with Crippen LogP contribution in [0.25, 0.3) is 0 Å². The number of aromatic hydroxyl groups is 1. The molecule has 3 atom stereocenters. The Bertz CT molecular complexity index is 534. The first-order valence-electron chi connectivity index (χ1n) is 8.32. The van der Waals surface area contributed by atoms with E-state index in [0.29, 0.717) is 11.5 Å². The van der Waals surface area contributed by atoms with Crippen LogP contribution in [0.15, 0.2) is 18.2 Å². The molecule has 0 saturated carbocycles. The van der Waals surface area contributed by atoms with Crippen LogP contribution in [0.5, 0.6) is 5.75 Å². The maximum absolute atomic E-state index is 11.0. The summed E-state index contributed by atoms with van der Waals surface area (Å²) in [5, 5.41) is 26.1. The highest BCUT2D eigenvalue weighted by Crippen LogP contribution is 2.31. The van der Waals surface area contributed by atoms with Crippen molar-refractivity contribution in [3.8, 4) is 5.75 Å². The molecule has 1 saturated heterocycles. The normalized spacial score (nSPS) is 21.6. The molecule has 0 aromatic heterocycles. The molecule has 6 N–H and O–H groups in total. The number of urea groups is 1. The molecule has 6 nitrogen and oxygen atoms in total. The zero-order valence-electron chi connectivity index (χ0n) is 14.0. The van der Waals surface area contributed by atoms with E-state index in [4.69, 9.17) is 5.73 Å². The van der Waals surface area contributed by atoms with Gasteiger partial charge in [-0.05, 0) is 49.4 Å². The molecule has 136 valence electrons. The maximum atomic E-state index is 11.0. The van der Waals surface area contributed by atoms with Crippen LogP contribution in [0, 0.1) is 5.92 Å². The van der Waals surface area contributed by atoms with Crippen molar-refractivity contribution in [2.45, 2.75) is 51.2 Å². The van der Waals surface area contributed by atoms with Crippen molar-refractivity contribution in [2.75, 3.05) is 11.9 Å². The highest BCUT2D eigenvalue weighted by molar-refractivity contribution is 5.89. The van der Waals surface area contributed by atoms with Gasteiger partial charge in [0.05, 0.1) is 11.8 Å². The third-order valence-electron chi connectivity index (χ3n) is 4.52. The summed E-state index contributed by atoms with van der Waals surface area (Å²) in [5.74, 6) is 0.612. The van der Waals surface area contributed by atoms with Crippen LogP contribution in [0.2, 0.25) is 0 Å². The molecule has 1 heterocycles. The van der Waals surface area contributed by atoms with Crippen LogP contribution in [0.3, 0.4) is 0 Å². The van der Waals surface area contributed by atoms with Crippen molar-refractivity contribution in [2.24, 2.45) is 11.7 Å².